The number of nitrogens with zero attached hydrogens (tertiary/aromatic N) is 1. The zero-order valence-corrected chi connectivity index (χ0v) is 18.2. The molecule has 2 aromatic rings. The summed E-state index contributed by atoms with van der Waals surface area (Å²) < 4.78 is 35.6. The van der Waals surface area contributed by atoms with E-state index in [4.69, 9.17) is 21.1 Å². The van der Waals surface area contributed by atoms with E-state index in [0.29, 0.717) is 5.75 Å². The van der Waals surface area contributed by atoms with E-state index in [1.807, 2.05) is 0 Å². The van der Waals surface area contributed by atoms with Crippen molar-refractivity contribution in [2.45, 2.75) is 4.90 Å². The first-order valence-electron chi connectivity index (χ1n) is 8.64. The number of esters is 1. The fraction of sp³-hybridized carbons (Fsp3) is 0.200. The van der Waals surface area contributed by atoms with Crippen LogP contribution in [0, 0.1) is 0 Å². The van der Waals surface area contributed by atoms with Gasteiger partial charge in [-0.25, -0.2) is 17.5 Å². The first-order chi connectivity index (χ1) is 14.1. The van der Waals surface area contributed by atoms with Crippen LogP contribution in [0.2, 0.25) is 5.02 Å². The molecule has 8 nitrogen and oxygen atoms in total. The van der Waals surface area contributed by atoms with Gasteiger partial charge in [-0.15, -0.1) is 0 Å². The molecule has 0 saturated carbocycles. The number of hydrogen-bond acceptors (Lipinski definition) is 6. The molecule has 1 N–H and O–H groups in total. The molecule has 30 heavy (non-hydrogen) atoms. The van der Waals surface area contributed by atoms with Gasteiger partial charge >= 0.3 is 5.97 Å². The number of halogens is 1. The van der Waals surface area contributed by atoms with Crippen molar-refractivity contribution in [3.8, 4) is 5.75 Å². The summed E-state index contributed by atoms with van der Waals surface area (Å²) in [6.45, 7) is -0.542. The van der Waals surface area contributed by atoms with Gasteiger partial charge < -0.3 is 14.8 Å². The second-order valence-electron chi connectivity index (χ2n) is 6.20. The standard InChI is InChI=1S/C20H21ClN2O6S/c1-23(2)30(26,27)18-12-15(8-9-17(18)21)22-19(24)13-29-20(25)10-7-14-5-4-6-16(11-14)28-3/h4-12H,13H2,1-3H3,(H,22,24)/b10-7+. The number of ether oxygens (including phenoxy) is 2. The van der Waals surface area contributed by atoms with E-state index in [0.717, 1.165) is 9.87 Å². The van der Waals surface area contributed by atoms with E-state index in [2.05, 4.69) is 5.32 Å². The number of benzene rings is 2. The van der Waals surface area contributed by atoms with E-state index in [9.17, 15) is 18.0 Å². The van der Waals surface area contributed by atoms with Gasteiger partial charge in [0.1, 0.15) is 10.6 Å². The molecule has 10 heteroatoms. The van der Waals surface area contributed by atoms with Crippen LogP contribution in [0.1, 0.15) is 5.56 Å². The molecule has 0 aliphatic carbocycles. The summed E-state index contributed by atoms with van der Waals surface area (Å²) in [5.41, 5.74) is 0.930. The molecule has 0 aromatic heterocycles. The van der Waals surface area contributed by atoms with Crippen LogP contribution in [0.3, 0.4) is 0 Å². The lowest BCUT2D eigenvalue weighted by molar-refractivity contribution is -0.142. The minimum atomic E-state index is -3.78. The van der Waals surface area contributed by atoms with Crippen molar-refractivity contribution in [3.05, 3.63) is 59.1 Å². The Morgan fingerprint density at radius 3 is 2.57 bits per heavy atom. The number of carbonyl (C=O) groups is 2. The largest absolute Gasteiger partial charge is 0.497 e. The van der Waals surface area contributed by atoms with Gasteiger partial charge in [0, 0.05) is 25.9 Å². The molecule has 0 aliphatic rings. The molecule has 1 amide bonds. The first kappa shape index (κ1) is 23.4. The maximum Gasteiger partial charge on any atom is 0.331 e. The molecule has 0 bridgehead atoms. The molecule has 0 spiro atoms. The van der Waals surface area contributed by atoms with Crippen molar-refractivity contribution < 1.29 is 27.5 Å². The van der Waals surface area contributed by atoms with Crippen molar-refractivity contribution in [1.82, 2.24) is 4.31 Å². The predicted octanol–water partition coefficient (Wildman–Crippen LogP) is 2.79. The number of amides is 1. The lowest BCUT2D eigenvalue weighted by Crippen LogP contribution is -2.23. The Bertz CT molecular complexity index is 1070. The van der Waals surface area contributed by atoms with Crippen LogP contribution in [0.25, 0.3) is 6.08 Å². The molecule has 2 aromatic carbocycles. The first-order valence-corrected chi connectivity index (χ1v) is 10.5. The van der Waals surface area contributed by atoms with E-state index in [-0.39, 0.29) is 15.6 Å². The van der Waals surface area contributed by atoms with Crippen molar-refractivity contribution >= 4 is 45.3 Å². The van der Waals surface area contributed by atoms with Crippen molar-refractivity contribution in [1.29, 1.82) is 0 Å². The van der Waals surface area contributed by atoms with Gasteiger partial charge in [0.05, 0.1) is 12.1 Å². The number of rotatable bonds is 8. The lowest BCUT2D eigenvalue weighted by Gasteiger charge is -2.14. The summed E-state index contributed by atoms with van der Waals surface area (Å²) in [5, 5.41) is 2.49. The van der Waals surface area contributed by atoms with E-state index in [1.54, 1.807) is 24.3 Å². The Balaban J connectivity index is 1.96. The predicted molar refractivity (Wildman–Crippen MR) is 114 cm³/mol. The van der Waals surface area contributed by atoms with Gasteiger partial charge in [0.25, 0.3) is 5.91 Å². The molecule has 0 heterocycles. The average Bonchev–Trinajstić information content (AvgIpc) is 2.72. The van der Waals surface area contributed by atoms with Crippen LogP contribution in [0.4, 0.5) is 5.69 Å². The summed E-state index contributed by atoms with van der Waals surface area (Å²) in [6, 6.07) is 11.1. The molecular formula is C20H21ClN2O6S. The van der Waals surface area contributed by atoms with Gasteiger partial charge in [-0.3, -0.25) is 4.79 Å². The van der Waals surface area contributed by atoms with Crippen molar-refractivity contribution in [3.63, 3.8) is 0 Å². The van der Waals surface area contributed by atoms with Gasteiger partial charge in [-0.05, 0) is 42.0 Å². The van der Waals surface area contributed by atoms with Gasteiger partial charge in [-0.2, -0.15) is 0 Å². The number of methoxy groups -OCH3 is 1. The second-order valence-corrected chi connectivity index (χ2v) is 8.73. The van der Waals surface area contributed by atoms with E-state index in [1.165, 1.54) is 51.6 Å². The molecule has 0 saturated heterocycles. The average molecular weight is 453 g/mol. The number of carbonyl (C=O) groups excluding carboxylic acids is 2. The van der Waals surface area contributed by atoms with Crippen LogP contribution in [0.5, 0.6) is 5.75 Å². The SMILES string of the molecule is COc1cccc(/C=C/C(=O)OCC(=O)Nc2ccc(Cl)c(S(=O)(=O)N(C)C)c2)c1. The number of anilines is 1. The third-order valence-electron chi connectivity index (χ3n) is 3.82. The minimum Gasteiger partial charge on any atom is -0.497 e. The Labute approximate surface area is 180 Å². The van der Waals surface area contributed by atoms with Crippen LogP contribution < -0.4 is 10.1 Å². The van der Waals surface area contributed by atoms with Crippen LogP contribution in [-0.2, 0) is 24.3 Å². The molecule has 0 fully saturated rings. The fourth-order valence-electron chi connectivity index (χ4n) is 2.27. The highest BCUT2D eigenvalue weighted by atomic mass is 35.5. The van der Waals surface area contributed by atoms with Crippen LogP contribution in [-0.4, -0.2) is 52.4 Å². The molecule has 0 aliphatic heterocycles. The van der Waals surface area contributed by atoms with E-state index >= 15 is 0 Å². The highest BCUT2D eigenvalue weighted by Gasteiger charge is 2.21. The number of nitrogens with one attached hydrogen (secondary N) is 1. The molecular weight excluding hydrogens is 432 g/mol. The Morgan fingerprint density at radius 2 is 1.90 bits per heavy atom. The number of sulfonamides is 1. The summed E-state index contributed by atoms with van der Waals surface area (Å²) in [7, 11) is 0.494. The van der Waals surface area contributed by atoms with Gasteiger partial charge in [-0.1, -0.05) is 23.7 Å². The summed E-state index contributed by atoms with van der Waals surface area (Å²) in [6.07, 6.45) is 2.71. The molecule has 0 radical (unpaired) electrons. The van der Waals surface area contributed by atoms with Crippen LogP contribution >= 0.6 is 11.6 Å². The molecule has 2 rings (SSSR count). The zero-order chi connectivity index (χ0) is 22.3. The van der Waals surface area contributed by atoms with E-state index < -0.39 is 28.5 Å². The summed E-state index contributed by atoms with van der Waals surface area (Å²) >= 11 is 5.97. The Kier molecular flexibility index (Phi) is 7.99. The summed E-state index contributed by atoms with van der Waals surface area (Å²) in [4.78, 5) is 23.7. The maximum atomic E-state index is 12.3. The molecule has 160 valence electrons. The Hall–Kier alpha value is -2.88. The highest BCUT2D eigenvalue weighted by molar-refractivity contribution is 7.89. The lowest BCUT2D eigenvalue weighted by atomic mass is 10.2. The minimum absolute atomic E-state index is 0.0239. The zero-order valence-electron chi connectivity index (χ0n) is 16.6. The third kappa shape index (κ3) is 6.31. The normalized spacial score (nSPS) is 11.5. The highest BCUT2D eigenvalue weighted by Crippen LogP contribution is 2.26. The quantitative estimate of drug-likeness (QED) is 0.488. The van der Waals surface area contributed by atoms with Gasteiger partial charge in [0.2, 0.25) is 10.0 Å². The topological polar surface area (TPSA) is 102 Å². The second kappa shape index (κ2) is 10.2. The van der Waals surface area contributed by atoms with Crippen molar-refractivity contribution in [2.75, 3.05) is 33.1 Å². The molecule has 0 atom stereocenters. The summed E-state index contributed by atoms with van der Waals surface area (Å²) in [5.74, 6) is -0.697. The third-order valence-corrected chi connectivity index (χ3v) is 6.12. The molecule has 0 unspecified atom stereocenters. The Morgan fingerprint density at radius 1 is 1.17 bits per heavy atom. The van der Waals surface area contributed by atoms with Gasteiger partial charge in [0.15, 0.2) is 6.61 Å². The number of hydrogen-bond donors (Lipinski definition) is 1. The van der Waals surface area contributed by atoms with Crippen LogP contribution in [0.15, 0.2) is 53.4 Å². The monoisotopic (exact) mass is 452 g/mol. The smallest absolute Gasteiger partial charge is 0.331 e. The van der Waals surface area contributed by atoms with Crippen molar-refractivity contribution in [2.24, 2.45) is 0 Å². The maximum absolute atomic E-state index is 12.3. The fourth-order valence-corrected chi connectivity index (χ4v) is 3.66.